The standard InChI is InChI=1S/C12H13BrFNO4/c1-7(16)15-10(12(17)18-2)6-19-11-4-3-8(13)5-9(11)14/h3-5,10H,6H2,1-2H3,(H,15,16). The van der Waals surface area contributed by atoms with Gasteiger partial charge < -0.3 is 14.8 Å². The van der Waals surface area contributed by atoms with E-state index < -0.39 is 23.7 Å². The Morgan fingerprint density at radius 1 is 1.47 bits per heavy atom. The lowest BCUT2D eigenvalue weighted by molar-refractivity contribution is -0.145. The minimum absolute atomic E-state index is 0.0116. The molecule has 1 aromatic carbocycles. The van der Waals surface area contributed by atoms with Gasteiger partial charge in [0.25, 0.3) is 0 Å². The fourth-order valence-corrected chi connectivity index (χ4v) is 1.65. The smallest absolute Gasteiger partial charge is 0.331 e. The predicted octanol–water partition coefficient (Wildman–Crippen LogP) is 1.64. The molecule has 0 spiro atoms. The number of hydrogen-bond acceptors (Lipinski definition) is 4. The van der Waals surface area contributed by atoms with E-state index in [2.05, 4.69) is 26.0 Å². The quantitative estimate of drug-likeness (QED) is 0.832. The maximum absolute atomic E-state index is 13.5. The van der Waals surface area contributed by atoms with Crippen LogP contribution in [0.5, 0.6) is 5.75 Å². The average molecular weight is 334 g/mol. The molecule has 1 amide bonds. The molecule has 19 heavy (non-hydrogen) atoms. The van der Waals surface area contributed by atoms with Crippen molar-refractivity contribution in [1.29, 1.82) is 0 Å². The van der Waals surface area contributed by atoms with Gasteiger partial charge in [-0.15, -0.1) is 0 Å². The Morgan fingerprint density at radius 2 is 2.16 bits per heavy atom. The van der Waals surface area contributed by atoms with Crippen molar-refractivity contribution in [2.24, 2.45) is 0 Å². The van der Waals surface area contributed by atoms with E-state index in [1.165, 1.54) is 26.2 Å². The van der Waals surface area contributed by atoms with Crippen LogP contribution in [0.4, 0.5) is 4.39 Å². The summed E-state index contributed by atoms with van der Waals surface area (Å²) in [4.78, 5) is 22.3. The Balaban J connectivity index is 2.70. The van der Waals surface area contributed by atoms with E-state index >= 15 is 0 Å². The van der Waals surface area contributed by atoms with Crippen LogP contribution in [0.1, 0.15) is 6.92 Å². The monoisotopic (exact) mass is 333 g/mol. The van der Waals surface area contributed by atoms with Gasteiger partial charge in [0, 0.05) is 11.4 Å². The molecule has 5 nitrogen and oxygen atoms in total. The van der Waals surface area contributed by atoms with Crippen LogP contribution < -0.4 is 10.1 Å². The molecule has 0 aliphatic rings. The molecule has 1 unspecified atom stereocenters. The van der Waals surface area contributed by atoms with Crippen LogP contribution in [0.3, 0.4) is 0 Å². The minimum atomic E-state index is -0.981. The first-order chi connectivity index (χ1) is 8.93. The van der Waals surface area contributed by atoms with Crippen LogP contribution >= 0.6 is 15.9 Å². The topological polar surface area (TPSA) is 64.6 Å². The average Bonchev–Trinajstić information content (AvgIpc) is 2.34. The van der Waals surface area contributed by atoms with E-state index in [-0.39, 0.29) is 12.4 Å². The fraction of sp³-hybridized carbons (Fsp3) is 0.333. The maximum Gasteiger partial charge on any atom is 0.331 e. The van der Waals surface area contributed by atoms with Gasteiger partial charge in [-0.2, -0.15) is 0 Å². The predicted molar refractivity (Wildman–Crippen MR) is 69.2 cm³/mol. The Labute approximate surface area is 118 Å². The second-order valence-corrected chi connectivity index (χ2v) is 4.58. The van der Waals surface area contributed by atoms with Gasteiger partial charge in [-0.3, -0.25) is 4.79 Å². The molecule has 0 aromatic heterocycles. The second kappa shape index (κ2) is 7.08. The van der Waals surface area contributed by atoms with Crippen molar-refractivity contribution in [3.8, 4) is 5.75 Å². The number of benzene rings is 1. The zero-order chi connectivity index (χ0) is 14.4. The Hall–Kier alpha value is -1.63. The number of esters is 1. The van der Waals surface area contributed by atoms with Crippen LogP contribution in [-0.4, -0.2) is 31.6 Å². The molecule has 1 aromatic rings. The van der Waals surface area contributed by atoms with E-state index in [0.29, 0.717) is 4.47 Å². The van der Waals surface area contributed by atoms with E-state index in [4.69, 9.17) is 4.74 Å². The van der Waals surface area contributed by atoms with Crippen molar-refractivity contribution in [1.82, 2.24) is 5.32 Å². The first-order valence-electron chi connectivity index (χ1n) is 5.37. The first-order valence-corrected chi connectivity index (χ1v) is 6.16. The van der Waals surface area contributed by atoms with Crippen molar-refractivity contribution in [3.63, 3.8) is 0 Å². The number of nitrogens with one attached hydrogen (secondary N) is 1. The van der Waals surface area contributed by atoms with Crippen LogP contribution in [0.25, 0.3) is 0 Å². The molecular weight excluding hydrogens is 321 g/mol. The molecule has 0 bridgehead atoms. The molecule has 0 radical (unpaired) electrons. The minimum Gasteiger partial charge on any atom is -0.488 e. The Bertz CT molecular complexity index is 481. The van der Waals surface area contributed by atoms with Gasteiger partial charge in [0.15, 0.2) is 17.6 Å². The van der Waals surface area contributed by atoms with Crippen molar-refractivity contribution >= 4 is 27.8 Å². The number of hydrogen-bond donors (Lipinski definition) is 1. The summed E-state index contributed by atoms with van der Waals surface area (Å²) in [6, 6.07) is 3.28. The fourth-order valence-electron chi connectivity index (χ4n) is 1.32. The lowest BCUT2D eigenvalue weighted by atomic mass is 10.3. The van der Waals surface area contributed by atoms with Gasteiger partial charge in [0.1, 0.15) is 6.61 Å². The largest absolute Gasteiger partial charge is 0.488 e. The second-order valence-electron chi connectivity index (χ2n) is 3.66. The van der Waals surface area contributed by atoms with E-state index in [1.807, 2.05) is 0 Å². The summed E-state index contributed by atoms with van der Waals surface area (Å²) >= 11 is 3.12. The van der Waals surface area contributed by atoms with Crippen molar-refractivity contribution < 1.29 is 23.5 Å². The zero-order valence-corrected chi connectivity index (χ0v) is 12.0. The third-order valence-electron chi connectivity index (χ3n) is 2.16. The third-order valence-corrected chi connectivity index (χ3v) is 2.66. The number of ether oxygens (including phenoxy) is 2. The van der Waals surface area contributed by atoms with E-state index in [1.54, 1.807) is 6.07 Å². The summed E-state index contributed by atoms with van der Waals surface area (Å²) in [5, 5.41) is 2.36. The Kier molecular flexibility index (Phi) is 5.75. The normalized spacial score (nSPS) is 11.6. The zero-order valence-electron chi connectivity index (χ0n) is 10.4. The van der Waals surface area contributed by atoms with Gasteiger partial charge in [0.05, 0.1) is 7.11 Å². The summed E-state index contributed by atoms with van der Waals surface area (Å²) in [7, 11) is 1.19. The molecule has 0 saturated carbocycles. The third kappa shape index (κ3) is 4.86. The van der Waals surface area contributed by atoms with Gasteiger partial charge in [-0.1, -0.05) is 15.9 Å². The molecular formula is C12H13BrFNO4. The van der Waals surface area contributed by atoms with Crippen molar-refractivity contribution in [3.05, 3.63) is 28.5 Å². The number of carbonyl (C=O) groups is 2. The molecule has 1 rings (SSSR count). The van der Waals surface area contributed by atoms with Crippen molar-refractivity contribution in [2.45, 2.75) is 13.0 Å². The van der Waals surface area contributed by atoms with Crippen molar-refractivity contribution in [2.75, 3.05) is 13.7 Å². The first kappa shape index (κ1) is 15.4. The lowest BCUT2D eigenvalue weighted by Crippen LogP contribution is -2.44. The number of rotatable bonds is 5. The molecule has 0 aliphatic carbocycles. The van der Waals surface area contributed by atoms with Crippen LogP contribution in [0.15, 0.2) is 22.7 Å². The SMILES string of the molecule is COC(=O)C(COc1ccc(Br)cc1F)NC(C)=O. The summed E-state index contributed by atoms with van der Waals surface area (Å²) in [5.74, 6) is -1.65. The summed E-state index contributed by atoms with van der Waals surface area (Å²) in [6.07, 6.45) is 0. The van der Waals surface area contributed by atoms with Gasteiger partial charge >= 0.3 is 5.97 Å². The number of amides is 1. The van der Waals surface area contributed by atoms with Gasteiger partial charge in [-0.05, 0) is 18.2 Å². The van der Waals surface area contributed by atoms with Crippen LogP contribution in [0, 0.1) is 5.82 Å². The summed E-state index contributed by atoms with van der Waals surface area (Å²) < 4.78 is 23.7. The highest BCUT2D eigenvalue weighted by Gasteiger charge is 2.21. The summed E-state index contributed by atoms with van der Waals surface area (Å²) in [5.41, 5.74) is 0. The highest BCUT2D eigenvalue weighted by molar-refractivity contribution is 9.10. The number of carbonyl (C=O) groups excluding carboxylic acids is 2. The highest BCUT2D eigenvalue weighted by atomic mass is 79.9. The molecule has 0 heterocycles. The molecule has 0 saturated heterocycles. The Morgan fingerprint density at radius 3 is 2.68 bits per heavy atom. The van der Waals surface area contributed by atoms with Crippen LogP contribution in [0.2, 0.25) is 0 Å². The number of methoxy groups -OCH3 is 1. The van der Waals surface area contributed by atoms with E-state index in [9.17, 15) is 14.0 Å². The maximum atomic E-state index is 13.5. The van der Waals surface area contributed by atoms with Gasteiger partial charge in [0.2, 0.25) is 5.91 Å². The molecule has 1 N–H and O–H groups in total. The van der Waals surface area contributed by atoms with E-state index in [0.717, 1.165) is 0 Å². The lowest BCUT2D eigenvalue weighted by Gasteiger charge is -2.16. The number of halogens is 2. The molecule has 0 fully saturated rings. The molecule has 1 atom stereocenters. The molecule has 104 valence electrons. The molecule has 7 heteroatoms. The molecule has 0 aliphatic heterocycles. The van der Waals surface area contributed by atoms with Gasteiger partial charge in [-0.25, -0.2) is 9.18 Å². The van der Waals surface area contributed by atoms with Crippen LogP contribution in [-0.2, 0) is 14.3 Å². The summed E-state index contributed by atoms with van der Waals surface area (Å²) in [6.45, 7) is 1.04. The highest BCUT2D eigenvalue weighted by Crippen LogP contribution is 2.21.